The molecule has 6 nitrogen and oxygen atoms in total. The molecule has 0 radical (unpaired) electrons. The molecular weight excluding hydrogens is 338 g/mol. The van der Waals surface area contributed by atoms with E-state index in [4.69, 9.17) is 4.74 Å². The first-order chi connectivity index (χ1) is 13.2. The van der Waals surface area contributed by atoms with Crippen LogP contribution in [0.25, 0.3) is 11.1 Å². The molecule has 0 atom stereocenters. The smallest absolute Gasteiger partial charge is 0.224 e. The predicted molar refractivity (Wildman–Crippen MR) is 107 cm³/mol. The van der Waals surface area contributed by atoms with Gasteiger partial charge < -0.3 is 9.64 Å². The molecule has 0 fully saturated rings. The van der Waals surface area contributed by atoms with Crippen molar-refractivity contribution >= 4 is 5.95 Å². The average Bonchev–Trinajstić information content (AvgIpc) is 2.73. The zero-order valence-electron chi connectivity index (χ0n) is 16.1. The molecule has 0 amide bonds. The second-order valence-electron chi connectivity index (χ2n) is 6.40. The maximum absolute atomic E-state index is 5.41. The van der Waals surface area contributed by atoms with Gasteiger partial charge in [-0.2, -0.15) is 0 Å². The maximum Gasteiger partial charge on any atom is 0.224 e. The summed E-state index contributed by atoms with van der Waals surface area (Å²) in [6, 6.07) is 7.86. The van der Waals surface area contributed by atoms with E-state index in [1.165, 1.54) is 0 Å². The minimum absolute atomic E-state index is 0.593. The second kappa shape index (κ2) is 9.07. The zero-order valence-corrected chi connectivity index (χ0v) is 16.1. The third-order valence-corrected chi connectivity index (χ3v) is 4.40. The number of pyridine rings is 2. The largest absolute Gasteiger partial charge is 0.481 e. The fourth-order valence-corrected chi connectivity index (χ4v) is 2.91. The van der Waals surface area contributed by atoms with Crippen LogP contribution in [-0.4, -0.2) is 40.6 Å². The third kappa shape index (κ3) is 4.58. The number of anilines is 1. The van der Waals surface area contributed by atoms with Crippen LogP contribution in [0.15, 0.2) is 49.1 Å². The lowest BCUT2D eigenvalue weighted by Gasteiger charge is -2.16. The number of unbranched alkanes of at least 4 members (excludes halogenated alkanes) is 1. The van der Waals surface area contributed by atoms with Gasteiger partial charge in [0, 0.05) is 55.9 Å². The summed E-state index contributed by atoms with van der Waals surface area (Å²) in [5.74, 6) is 1.35. The molecule has 0 bridgehead atoms. The van der Waals surface area contributed by atoms with E-state index in [0.717, 1.165) is 47.7 Å². The van der Waals surface area contributed by atoms with Gasteiger partial charge in [-0.25, -0.2) is 15.0 Å². The Bertz CT molecular complexity index is 866. The number of aromatic nitrogens is 4. The van der Waals surface area contributed by atoms with Gasteiger partial charge >= 0.3 is 0 Å². The zero-order chi connectivity index (χ0) is 19.1. The van der Waals surface area contributed by atoms with Crippen molar-refractivity contribution in [3.05, 3.63) is 60.3 Å². The van der Waals surface area contributed by atoms with Gasteiger partial charge in [0.05, 0.1) is 12.8 Å². The first kappa shape index (κ1) is 18.8. The molecule has 0 saturated carbocycles. The van der Waals surface area contributed by atoms with Crippen molar-refractivity contribution in [1.82, 2.24) is 19.9 Å². The molecule has 3 rings (SSSR count). The highest BCUT2D eigenvalue weighted by atomic mass is 16.5. The minimum Gasteiger partial charge on any atom is -0.481 e. The third-order valence-electron chi connectivity index (χ3n) is 4.40. The molecule has 0 aliphatic rings. The van der Waals surface area contributed by atoms with Gasteiger partial charge in [0.25, 0.3) is 0 Å². The van der Waals surface area contributed by atoms with Gasteiger partial charge in [0.2, 0.25) is 11.8 Å². The minimum atomic E-state index is 0.593. The molecule has 0 spiro atoms. The fraction of sp³-hybridized carbons (Fsp3) is 0.333. The van der Waals surface area contributed by atoms with Gasteiger partial charge in [-0.3, -0.25) is 4.98 Å². The Kier molecular flexibility index (Phi) is 6.30. The Balaban J connectivity index is 1.83. The fourth-order valence-electron chi connectivity index (χ4n) is 2.91. The molecule has 6 heteroatoms. The van der Waals surface area contributed by atoms with Crippen LogP contribution in [0.5, 0.6) is 5.88 Å². The number of methoxy groups -OCH3 is 1. The molecular formula is C21H25N5O. The van der Waals surface area contributed by atoms with E-state index < -0.39 is 0 Å². The molecule has 3 heterocycles. The van der Waals surface area contributed by atoms with Crippen molar-refractivity contribution in [1.29, 1.82) is 0 Å². The Morgan fingerprint density at radius 3 is 2.37 bits per heavy atom. The van der Waals surface area contributed by atoms with E-state index in [1.807, 2.05) is 43.7 Å². The number of hydrogen-bond acceptors (Lipinski definition) is 6. The second-order valence-corrected chi connectivity index (χ2v) is 6.40. The summed E-state index contributed by atoms with van der Waals surface area (Å²) in [6.45, 7) is 3.14. The normalized spacial score (nSPS) is 10.6. The first-order valence-corrected chi connectivity index (χ1v) is 9.18. The van der Waals surface area contributed by atoms with E-state index in [2.05, 4.69) is 31.8 Å². The Morgan fingerprint density at radius 1 is 0.963 bits per heavy atom. The Morgan fingerprint density at radius 2 is 1.67 bits per heavy atom. The summed E-state index contributed by atoms with van der Waals surface area (Å²) >= 11 is 0. The molecule has 0 aliphatic carbocycles. The highest BCUT2D eigenvalue weighted by Gasteiger charge is 2.13. The highest BCUT2D eigenvalue weighted by Crippen LogP contribution is 2.30. The van der Waals surface area contributed by atoms with Crippen LogP contribution in [0.4, 0.5) is 5.95 Å². The number of hydrogen-bond donors (Lipinski definition) is 0. The molecule has 27 heavy (non-hydrogen) atoms. The molecule has 3 aromatic heterocycles. The van der Waals surface area contributed by atoms with E-state index in [9.17, 15) is 0 Å². The highest BCUT2D eigenvalue weighted by molar-refractivity contribution is 5.70. The molecule has 140 valence electrons. The Labute approximate surface area is 160 Å². The molecule has 0 saturated heterocycles. The summed E-state index contributed by atoms with van der Waals surface area (Å²) in [7, 11) is 3.65. The molecule has 0 unspecified atom stereocenters. The van der Waals surface area contributed by atoms with E-state index in [0.29, 0.717) is 12.3 Å². The summed E-state index contributed by atoms with van der Waals surface area (Å²) in [5, 5.41) is 0. The number of nitrogens with zero attached hydrogens (tertiary/aromatic N) is 5. The van der Waals surface area contributed by atoms with Crippen LogP contribution in [0.1, 0.15) is 31.0 Å². The van der Waals surface area contributed by atoms with Gasteiger partial charge in [0.15, 0.2) is 0 Å². The van der Waals surface area contributed by atoms with Crippen molar-refractivity contribution in [2.45, 2.75) is 26.2 Å². The van der Waals surface area contributed by atoms with Crippen LogP contribution in [0.3, 0.4) is 0 Å². The number of ether oxygens (including phenoxy) is 1. The van der Waals surface area contributed by atoms with Crippen molar-refractivity contribution < 1.29 is 4.74 Å². The Hall–Kier alpha value is -3.02. The van der Waals surface area contributed by atoms with Gasteiger partial charge in [-0.05, 0) is 30.2 Å². The van der Waals surface area contributed by atoms with Crippen LogP contribution >= 0.6 is 0 Å². The standard InChI is InChI=1S/C21H25N5O/c1-4-5-12-26(2)21-24-14-16(15-25-21)13-19-17(8-6-10-22-19)18-9-7-11-23-20(18)27-3/h6-11,14-15H,4-5,12-13H2,1-3H3. The van der Waals surface area contributed by atoms with E-state index in [1.54, 1.807) is 19.5 Å². The quantitative estimate of drug-likeness (QED) is 0.607. The SMILES string of the molecule is CCCCN(C)c1ncc(Cc2ncccc2-c2cccnc2OC)cn1. The van der Waals surface area contributed by atoms with Crippen molar-refractivity contribution in [3.63, 3.8) is 0 Å². The molecule has 3 aromatic rings. The first-order valence-electron chi connectivity index (χ1n) is 9.18. The van der Waals surface area contributed by atoms with Crippen LogP contribution in [-0.2, 0) is 6.42 Å². The van der Waals surface area contributed by atoms with Crippen LogP contribution in [0, 0.1) is 0 Å². The monoisotopic (exact) mass is 363 g/mol. The molecule has 0 aromatic carbocycles. The lowest BCUT2D eigenvalue weighted by Crippen LogP contribution is -2.20. The average molecular weight is 363 g/mol. The van der Waals surface area contributed by atoms with Crippen LogP contribution in [0.2, 0.25) is 0 Å². The van der Waals surface area contributed by atoms with Gasteiger partial charge in [-0.1, -0.05) is 19.4 Å². The summed E-state index contributed by atoms with van der Waals surface area (Å²) < 4.78 is 5.41. The topological polar surface area (TPSA) is 64.0 Å². The van der Waals surface area contributed by atoms with Gasteiger partial charge in [0.1, 0.15) is 0 Å². The molecule has 0 aliphatic heterocycles. The van der Waals surface area contributed by atoms with E-state index in [-0.39, 0.29) is 0 Å². The number of rotatable bonds is 8. The van der Waals surface area contributed by atoms with Crippen molar-refractivity contribution in [3.8, 4) is 17.0 Å². The van der Waals surface area contributed by atoms with Crippen molar-refractivity contribution in [2.75, 3.05) is 25.6 Å². The van der Waals surface area contributed by atoms with Crippen molar-refractivity contribution in [2.24, 2.45) is 0 Å². The van der Waals surface area contributed by atoms with E-state index >= 15 is 0 Å². The van der Waals surface area contributed by atoms with Gasteiger partial charge in [-0.15, -0.1) is 0 Å². The summed E-state index contributed by atoms with van der Waals surface area (Å²) in [5.41, 5.74) is 3.90. The summed E-state index contributed by atoms with van der Waals surface area (Å²) in [6.07, 6.45) is 10.2. The lowest BCUT2D eigenvalue weighted by molar-refractivity contribution is 0.399. The lowest BCUT2D eigenvalue weighted by atomic mass is 10.0. The molecule has 0 N–H and O–H groups in total. The van der Waals surface area contributed by atoms with Crippen LogP contribution < -0.4 is 9.64 Å². The maximum atomic E-state index is 5.41. The summed E-state index contributed by atoms with van der Waals surface area (Å²) in [4.78, 5) is 20.0. The predicted octanol–water partition coefficient (Wildman–Crippen LogP) is 3.77.